The van der Waals surface area contributed by atoms with E-state index in [9.17, 15) is 0 Å². The molecule has 0 spiro atoms. The second-order valence-corrected chi connectivity index (χ2v) is 5.92. The fourth-order valence-electron chi connectivity index (χ4n) is 2.50. The lowest BCUT2D eigenvalue weighted by molar-refractivity contribution is 0.650. The van der Waals surface area contributed by atoms with E-state index in [1.165, 1.54) is 36.8 Å². The standard InChI is InChI=1S/C20H31N3/c1-4-11-18-13-10-14-19(16-18)12-8-6-7-9-15-20(5-2)23-22-17(3)21/h4,10-11,13-14,16H,5-9,12,15H2,1-3H3,(H2,21,22)/b11-4+,23-20+. The predicted octanol–water partition coefficient (Wildman–Crippen LogP) is 5.36. The summed E-state index contributed by atoms with van der Waals surface area (Å²) in [5, 5.41) is 8.16. The quantitative estimate of drug-likeness (QED) is 0.269. The minimum absolute atomic E-state index is 0.524. The summed E-state index contributed by atoms with van der Waals surface area (Å²) in [6, 6.07) is 8.81. The number of aryl methyl sites for hydroxylation is 1. The number of allylic oxidation sites excluding steroid dienone is 1. The van der Waals surface area contributed by atoms with Gasteiger partial charge in [0.2, 0.25) is 0 Å². The van der Waals surface area contributed by atoms with Gasteiger partial charge in [-0.3, -0.25) is 0 Å². The zero-order valence-electron chi connectivity index (χ0n) is 14.9. The Morgan fingerprint density at radius 1 is 1.13 bits per heavy atom. The van der Waals surface area contributed by atoms with Crippen LogP contribution >= 0.6 is 0 Å². The van der Waals surface area contributed by atoms with Crippen molar-refractivity contribution >= 4 is 17.6 Å². The summed E-state index contributed by atoms with van der Waals surface area (Å²) in [5.41, 5.74) is 9.39. The maximum Gasteiger partial charge on any atom is 0.119 e. The van der Waals surface area contributed by atoms with Crippen molar-refractivity contribution in [3.8, 4) is 0 Å². The van der Waals surface area contributed by atoms with E-state index in [0.29, 0.717) is 5.84 Å². The van der Waals surface area contributed by atoms with Crippen molar-refractivity contribution in [2.24, 2.45) is 15.9 Å². The number of rotatable bonds is 10. The highest BCUT2D eigenvalue weighted by atomic mass is 15.2. The van der Waals surface area contributed by atoms with E-state index in [0.717, 1.165) is 25.0 Å². The van der Waals surface area contributed by atoms with Gasteiger partial charge in [-0.15, -0.1) is 5.10 Å². The average molecular weight is 313 g/mol. The van der Waals surface area contributed by atoms with Gasteiger partial charge in [-0.05, 0) is 57.1 Å². The third-order valence-corrected chi connectivity index (χ3v) is 3.75. The van der Waals surface area contributed by atoms with E-state index in [-0.39, 0.29) is 0 Å². The molecule has 0 radical (unpaired) electrons. The van der Waals surface area contributed by atoms with Crippen LogP contribution in [0.5, 0.6) is 0 Å². The molecule has 0 aliphatic carbocycles. The fraction of sp³-hybridized carbons (Fsp3) is 0.500. The predicted molar refractivity (Wildman–Crippen MR) is 103 cm³/mol. The summed E-state index contributed by atoms with van der Waals surface area (Å²) in [4.78, 5) is 0. The Hall–Kier alpha value is -1.90. The van der Waals surface area contributed by atoms with Gasteiger partial charge in [-0.25, -0.2) is 0 Å². The lowest BCUT2D eigenvalue weighted by Crippen LogP contribution is -2.05. The number of benzene rings is 1. The van der Waals surface area contributed by atoms with E-state index in [4.69, 9.17) is 5.73 Å². The third kappa shape index (κ3) is 8.97. The molecule has 23 heavy (non-hydrogen) atoms. The number of nitrogens with zero attached hydrogens (tertiary/aromatic N) is 2. The Bertz CT molecular complexity index is 538. The lowest BCUT2D eigenvalue weighted by Gasteiger charge is -2.04. The second-order valence-electron chi connectivity index (χ2n) is 5.92. The molecule has 0 fully saturated rings. The van der Waals surface area contributed by atoms with Gasteiger partial charge in [0.15, 0.2) is 0 Å². The third-order valence-electron chi connectivity index (χ3n) is 3.75. The van der Waals surface area contributed by atoms with E-state index in [1.54, 1.807) is 6.92 Å². The van der Waals surface area contributed by atoms with Gasteiger partial charge in [0.25, 0.3) is 0 Å². The molecule has 3 nitrogen and oxygen atoms in total. The molecule has 0 saturated carbocycles. The normalized spacial score (nSPS) is 13.0. The first kappa shape index (κ1) is 19.1. The van der Waals surface area contributed by atoms with Crippen LogP contribution in [-0.2, 0) is 6.42 Å². The van der Waals surface area contributed by atoms with Gasteiger partial charge in [0.05, 0.1) is 0 Å². The summed E-state index contributed by atoms with van der Waals surface area (Å²) < 4.78 is 0. The zero-order valence-corrected chi connectivity index (χ0v) is 14.9. The Kier molecular flexibility index (Phi) is 9.69. The van der Waals surface area contributed by atoms with Gasteiger partial charge in [0.1, 0.15) is 5.84 Å². The minimum Gasteiger partial charge on any atom is -0.386 e. The van der Waals surface area contributed by atoms with Crippen LogP contribution in [0.3, 0.4) is 0 Å². The number of amidine groups is 1. The summed E-state index contributed by atoms with van der Waals surface area (Å²) in [6.07, 6.45) is 12.3. The highest BCUT2D eigenvalue weighted by molar-refractivity contribution is 5.85. The van der Waals surface area contributed by atoms with Crippen LogP contribution in [0.1, 0.15) is 70.4 Å². The van der Waals surface area contributed by atoms with E-state index in [2.05, 4.69) is 60.5 Å². The van der Waals surface area contributed by atoms with Crippen LogP contribution in [0.25, 0.3) is 6.08 Å². The molecule has 0 aliphatic heterocycles. The molecule has 126 valence electrons. The molecule has 0 aliphatic rings. The molecular weight excluding hydrogens is 282 g/mol. The Morgan fingerprint density at radius 2 is 1.91 bits per heavy atom. The van der Waals surface area contributed by atoms with Crippen molar-refractivity contribution in [3.05, 3.63) is 41.5 Å². The van der Waals surface area contributed by atoms with E-state index < -0.39 is 0 Å². The van der Waals surface area contributed by atoms with Gasteiger partial charge >= 0.3 is 0 Å². The van der Waals surface area contributed by atoms with Crippen LogP contribution in [0.15, 0.2) is 40.5 Å². The molecule has 0 atom stereocenters. The molecule has 0 unspecified atom stereocenters. The summed E-state index contributed by atoms with van der Waals surface area (Å²) >= 11 is 0. The van der Waals surface area contributed by atoms with Crippen molar-refractivity contribution in [1.29, 1.82) is 0 Å². The van der Waals surface area contributed by atoms with E-state index in [1.807, 2.05) is 0 Å². The maximum atomic E-state index is 5.51. The van der Waals surface area contributed by atoms with Crippen molar-refractivity contribution in [1.82, 2.24) is 0 Å². The molecule has 3 heteroatoms. The molecule has 0 saturated heterocycles. The molecule has 1 aromatic carbocycles. The van der Waals surface area contributed by atoms with Crippen molar-refractivity contribution in [2.75, 3.05) is 0 Å². The number of hydrogen-bond acceptors (Lipinski definition) is 2. The summed E-state index contributed by atoms with van der Waals surface area (Å²) in [5.74, 6) is 0.524. The summed E-state index contributed by atoms with van der Waals surface area (Å²) in [6.45, 7) is 5.95. The molecule has 2 N–H and O–H groups in total. The zero-order chi connectivity index (χ0) is 16.9. The Balaban J connectivity index is 2.24. The number of unbranched alkanes of at least 4 members (excludes halogenated alkanes) is 3. The van der Waals surface area contributed by atoms with Gasteiger partial charge in [-0.2, -0.15) is 5.10 Å². The van der Waals surface area contributed by atoms with Crippen molar-refractivity contribution < 1.29 is 0 Å². The first-order chi connectivity index (χ1) is 11.2. The molecule has 1 rings (SSSR count). The SMILES string of the molecule is C/C=C/c1cccc(CCCCCC/C(CC)=N/N=C(\C)N)c1. The molecule has 0 bridgehead atoms. The monoisotopic (exact) mass is 313 g/mol. The smallest absolute Gasteiger partial charge is 0.119 e. The Morgan fingerprint density at radius 3 is 2.61 bits per heavy atom. The lowest BCUT2D eigenvalue weighted by atomic mass is 10.0. The maximum absolute atomic E-state index is 5.51. The topological polar surface area (TPSA) is 50.7 Å². The molecule has 0 aromatic heterocycles. The highest BCUT2D eigenvalue weighted by Crippen LogP contribution is 2.12. The second kappa shape index (κ2) is 11.6. The molecule has 0 amide bonds. The van der Waals surface area contributed by atoms with Crippen LogP contribution in [-0.4, -0.2) is 11.5 Å². The average Bonchev–Trinajstić information content (AvgIpc) is 2.54. The fourth-order valence-corrected chi connectivity index (χ4v) is 2.50. The van der Waals surface area contributed by atoms with Crippen LogP contribution in [0.2, 0.25) is 0 Å². The van der Waals surface area contributed by atoms with Crippen LogP contribution in [0, 0.1) is 0 Å². The van der Waals surface area contributed by atoms with Gasteiger partial charge in [0, 0.05) is 5.71 Å². The molecule has 0 heterocycles. The van der Waals surface area contributed by atoms with Crippen molar-refractivity contribution in [2.45, 2.75) is 65.7 Å². The first-order valence-corrected chi connectivity index (χ1v) is 8.72. The van der Waals surface area contributed by atoms with E-state index >= 15 is 0 Å². The largest absolute Gasteiger partial charge is 0.386 e. The van der Waals surface area contributed by atoms with Gasteiger partial charge in [-0.1, -0.05) is 56.2 Å². The van der Waals surface area contributed by atoms with Crippen molar-refractivity contribution in [3.63, 3.8) is 0 Å². The van der Waals surface area contributed by atoms with Crippen LogP contribution < -0.4 is 5.73 Å². The van der Waals surface area contributed by atoms with Crippen LogP contribution in [0.4, 0.5) is 0 Å². The minimum atomic E-state index is 0.524. The number of nitrogens with two attached hydrogens (primary N) is 1. The summed E-state index contributed by atoms with van der Waals surface area (Å²) in [7, 11) is 0. The first-order valence-electron chi connectivity index (χ1n) is 8.72. The molecule has 1 aromatic rings. The number of hydrogen-bond donors (Lipinski definition) is 1. The molecular formula is C20H31N3. The highest BCUT2D eigenvalue weighted by Gasteiger charge is 1.99. The Labute approximate surface area is 141 Å². The van der Waals surface area contributed by atoms with Gasteiger partial charge < -0.3 is 5.73 Å².